The van der Waals surface area contributed by atoms with Crippen molar-refractivity contribution in [3.63, 3.8) is 0 Å². The number of nitro groups is 1. The first-order valence-electron chi connectivity index (χ1n) is 8.79. The van der Waals surface area contributed by atoms with Gasteiger partial charge in [0.1, 0.15) is 12.3 Å². The fourth-order valence-corrected chi connectivity index (χ4v) is 2.79. The van der Waals surface area contributed by atoms with Gasteiger partial charge in [-0.2, -0.15) is 0 Å². The highest BCUT2D eigenvalue weighted by molar-refractivity contribution is 6.13. The lowest BCUT2D eigenvalue weighted by molar-refractivity contribution is -0.386. The third-order valence-electron chi connectivity index (χ3n) is 4.14. The Labute approximate surface area is 161 Å². The van der Waals surface area contributed by atoms with E-state index in [-0.39, 0.29) is 23.7 Å². The van der Waals surface area contributed by atoms with Gasteiger partial charge in [0.25, 0.3) is 5.91 Å². The molecule has 144 valence electrons. The number of nitrogens with zero attached hydrogens (tertiary/aromatic N) is 2. The van der Waals surface area contributed by atoms with E-state index in [0.29, 0.717) is 18.5 Å². The van der Waals surface area contributed by atoms with Gasteiger partial charge in [0, 0.05) is 12.6 Å². The molecule has 0 aliphatic carbocycles. The first-order valence-corrected chi connectivity index (χ1v) is 8.79. The second-order valence-corrected chi connectivity index (χ2v) is 6.20. The van der Waals surface area contributed by atoms with E-state index >= 15 is 0 Å². The van der Waals surface area contributed by atoms with Crippen LogP contribution in [-0.2, 0) is 11.4 Å². The van der Waals surface area contributed by atoms with Gasteiger partial charge in [0.2, 0.25) is 0 Å². The van der Waals surface area contributed by atoms with Crippen LogP contribution in [0.15, 0.2) is 54.2 Å². The van der Waals surface area contributed by atoms with Crippen molar-refractivity contribution in [2.45, 2.75) is 20.0 Å². The second kappa shape index (κ2) is 8.34. The minimum atomic E-state index is -0.541. The van der Waals surface area contributed by atoms with Crippen LogP contribution < -0.4 is 10.1 Å². The Morgan fingerprint density at radius 2 is 1.93 bits per heavy atom. The second-order valence-electron chi connectivity index (χ2n) is 6.20. The zero-order valence-electron chi connectivity index (χ0n) is 15.3. The number of nitrogens with one attached hydrogen (secondary N) is 1. The number of ether oxygens (including phenoxy) is 1. The summed E-state index contributed by atoms with van der Waals surface area (Å²) >= 11 is 0. The molecule has 2 aromatic rings. The monoisotopic (exact) mass is 381 g/mol. The highest BCUT2D eigenvalue weighted by atomic mass is 16.6. The van der Waals surface area contributed by atoms with Crippen molar-refractivity contribution in [3.05, 3.63) is 75.5 Å². The number of nitro benzene ring substituents is 1. The lowest BCUT2D eigenvalue weighted by atomic mass is 10.1. The molecule has 1 fully saturated rings. The zero-order chi connectivity index (χ0) is 20.1. The summed E-state index contributed by atoms with van der Waals surface area (Å²) in [6, 6.07) is 13.2. The van der Waals surface area contributed by atoms with E-state index in [4.69, 9.17) is 4.74 Å². The normalized spacial score (nSPS) is 15.0. The average Bonchev–Trinajstić information content (AvgIpc) is 2.95. The number of amides is 3. The van der Waals surface area contributed by atoms with Gasteiger partial charge in [-0.1, -0.05) is 43.3 Å². The molecule has 0 saturated carbocycles. The van der Waals surface area contributed by atoms with Crippen LogP contribution in [0.2, 0.25) is 0 Å². The number of hydrogen-bond donors (Lipinski definition) is 1. The average molecular weight is 381 g/mol. The van der Waals surface area contributed by atoms with Gasteiger partial charge in [0.15, 0.2) is 5.75 Å². The summed E-state index contributed by atoms with van der Waals surface area (Å²) in [6.45, 7) is 2.37. The molecular weight excluding hydrogens is 362 g/mol. The SMILES string of the molecule is CCCN1C(=O)N/C(=C/c2ccc(OCc3ccccc3)c([N+](=O)[O-])c2)C1=O. The van der Waals surface area contributed by atoms with Crippen LogP contribution >= 0.6 is 0 Å². The molecule has 1 N–H and O–H groups in total. The lowest BCUT2D eigenvalue weighted by Gasteiger charge is -2.09. The van der Waals surface area contributed by atoms with Gasteiger partial charge in [-0.15, -0.1) is 0 Å². The first kappa shape index (κ1) is 19.1. The molecule has 1 aliphatic heterocycles. The maximum absolute atomic E-state index is 12.3. The number of carbonyl (C=O) groups excluding carboxylic acids is 2. The molecule has 1 saturated heterocycles. The number of hydrogen-bond acceptors (Lipinski definition) is 5. The van der Waals surface area contributed by atoms with E-state index in [0.717, 1.165) is 10.5 Å². The fraction of sp³-hybridized carbons (Fsp3) is 0.200. The molecule has 0 unspecified atom stereocenters. The van der Waals surface area contributed by atoms with E-state index < -0.39 is 16.9 Å². The Balaban J connectivity index is 1.82. The lowest BCUT2D eigenvalue weighted by Crippen LogP contribution is -2.31. The maximum Gasteiger partial charge on any atom is 0.329 e. The molecule has 1 heterocycles. The number of benzene rings is 2. The Hall–Kier alpha value is -3.68. The van der Waals surface area contributed by atoms with Crippen LogP contribution in [0.3, 0.4) is 0 Å². The first-order chi connectivity index (χ1) is 13.5. The minimum absolute atomic E-state index is 0.0886. The van der Waals surface area contributed by atoms with Gasteiger partial charge < -0.3 is 10.1 Å². The van der Waals surface area contributed by atoms with E-state index in [1.807, 2.05) is 37.3 Å². The fourth-order valence-electron chi connectivity index (χ4n) is 2.79. The number of imide groups is 1. The molecule has 3 rings (SSSR count). The Bertz CT molecular complexity index is 940. The van der Waals surface area contributed by atoms with Crippen molar-refractivity contribution >= 4 is 23.7 Å². The van der Waals surface area contributed by atoms with Crippen LogP contribution in [0.4, 0.5) is 10.5 Å². The molecule has 0 spiro atoms. The summed E-state index contributed by atoms with van der Waals surface area (Å²) < 4.78 is 5.59. The summed E-state index contributed by atoms with van der Waals surface area (Å²) in [5.41, 5.74) is 1.18. The van der Waals surface area contributed by atoms with E-state index in [1.165, 1.54) is 18.2 Å². The number of urea groups is 1. The smallest absolute Gasteiger partial charge is 0.329 e. The zero-order valence-corrected chi connectivity index (χ0v) is 15.3. The van der Waals surface area contributed by atoms with E-state index in [9.17, 15) is 19.7 Å². The molecule has 0 radical (unpaired) electrons. The van der Waals surface area contributed by atoms with Crippen LogP contribution in [0.25, 0.3) is 6.08 Å². The van der Waals surface area contributed by atoms with Crippen LogP contribution in [0.1, 0.15) is 24.5 Å². The Morgan fingerprint density at radius 3 is 2.61 bits per heavy atom. The van der Waals surface area contributed by atoms with Crippen molar-refractivity contribution in [3.8, 4) is 5.75 Å². The van der Waals surface area contributed by atoms with Gasteiger partial charge in [-0.05, 0) is 29.7 Å². The third-order valence-corrected chi connectivity index (χ3v) is 4.14. The quantitative estimate of drug-likeness (QED) is 0.342. The van der Waals surface area contributed by atoms with Gasteiger partial charge in [-0.3, -0.25) is 19.8 Å². The molecule has 0 atom stereocenters. The molecule has 1 aliphatic rings. The predicted octanol–water partition coefficient (Wildman–Crippen LogP) is 3.48. The molecule has 8 nitrogen and oxygen atoms in total. The third kappa shape index (κ3) is 4.17. The maximum atomic E-state index is 12.3. The summed E-state index contributed by atoms with van der Waals surface area (Å²) in [5, 5.41) is 13.9. The van der Waals surface area contributed by atoms with Crippen molar-refractivity contribution in [2.24, 2.45) is 0 Å². The van der Waals surface area contributed by atoms with Crippen molar-refractivity contribution in [1.29, 1.82) is 0 Å². The topological polar surface area (TPSA) is 102 Å². The molecule has 28 heavy (non-hydrogen) atoms. The highest BCUT2D eigenvalue weighted by Crippen LogP contribution is 2.30. The van der Waals surface area contributed by atoms with E-state index in [2.05, 4.69) is 5.32 Å². The number of carbonyl (C=O) groups is 2. The summed E-state index contributed by atoms with van der Waals surface area (Å²) in [4.78, 5) is 36.1. The summed E-state index contributed by atoms with van der Waals surface area (Å²) in [7, 11) is 0. The molecule has 0 bridgehead atoms. The standard InChI is InChI=1S/C20H19N3O5/c1-2-10-22-19(24)16(21-20(22)25)11-15-8-9-18(17(12-15)23(26)27)28-13-14-6-4-3-5-7-14/h3-9,11-12H,2,10,13H2,1H3,(H,21,25)/b16-11+. The Morgan fingerprint density at radius 1 is 1.18 bits per heavy atom. The molecule has 3 amide bonds. The van der Waals surface area contributed by atoms with Crippen molar-refractivity contribution in [1.82, 2.24) is 10.2 Å². The number of rotatable bonds is 7. The van der Waals surface area contributed by atoms with Gasteiger partial charge in [-0.25, -0.2) is 4.79 Å². The highest BCUT2D eigenvalue weighted by Gasteiger charge is 2.32. The molecule has 8 heteroatoms. The molecule has 2 aromatic carbocycles. The Kier molecular flexibility index (Phi) is 5.69. The van der Waals surface area contributed by atoms with Crippen molar-refractivity contribution in [2.75, 3.05) is 6.54 Å². The minimum Gasteiger partial charge on any atom is -0.482 e. The van der Waals surface area contributed by atoms with Crippen LogP contribution in [0, 0.1) is 10.1 Å². The van der Waals surface area contributed by atoms with Gasteiger partial charge >= 0.3 is 11.7 Å². The van der Waals surface area contributed by atoms with Gasteiger partial charge in [0.05, 0.1) is 4.92 Å². The van der Waals surface area contributed by atoms with Crippen LogP contribution in [-0.4, -0.2) is 28.3 Å². The molecule has 0 aromatic heterocycles. The largest absolute Gasteiger partial charge is 0.482 e. The predicted molar refractivity (Wildman–Crippen MR) is 102 cm³/mol. The van der Waals surface area contributed by atoms with Crippen molar-refractivity contribution < 1.29 is 19.2 Å². The summed E-state index contributed by atoms with van der Waals surface area (Å²) in [6.07, 6.45) is 2.06. The molecular formula is C20H19N3O5. The summed E-state index contributed by atoms with van der Waals surface area (Å²) in [5.74, 6) is -0.315. The van der Waals surface area contributed by atoms with E-state index in [1.54, 1.807) is 6.07 Å². The van der Waals surface area contributed by atoms with Crippen LogP contribution in [0.5, 0.6) is 5.75 Å².